The summed E-state index contributed by atoms with van der Waals surface area (Å²) in [5.41, 5.74) is 0.511. The number of alkyl halides is 3. The largest absolute Gasteiger partial charge is 0.397 e. The number of rotatable bonds is 6. The zero-order valence-corrected chi connectivity index (χ0v) is 15.9. The lowest BCUT2D eigenvalue weighted by molar-refractivity contribution is -0.153. The molecule has 10 heteroatoms. The molecule has 0 aliphatic carbocycles. The van der Waals surface area contributed by atoms with Gasteiger partial charge in [0.2, 0.25) is 5.91 Å². The first-order valence-electron chi connectivity index (χ1n) is 9.27. The number of halogens is 3. The van der Waals surface area contributed by atoms with Gasteiger partial charge in [0.1, 0.15) is 17.9 Å². The second-order valence-electron chi connectivity index (χ2n) is 7.32. The molecule has 156 valence electrons. The molecular formula is C19H22F3N5O2. The Bertz CT molecular complexity index is 901. The van der Waals surface area contributed by atoms with E-state index in [-0.39, 0.29) is 17.5 Å². The molecule has 1 aliphatic rings. The molecule has 1 aromatic heterocycles. The summed E-state index contributed by atoms with van der Waals surface area (Å²) in [5, 5.41) is 9.93. The zero-order valence-electron chi connectivity index (χ0n) is 15.9. The number of amides is 1. The van der Waals surface area contributed by atoms with E-state index < -0.39 is 30.6 Å². The number of hydrogen-bond donors (Lipinski definition) is 2. The molecule has 1 aromatic carbocycles. The van der Waals surface area contributed by atoms with E-state index in [0.29, 0.717) is 12.4 Å². The van der Waals surface area contributed by atoms with Crippen LogP contribution in [0, 0.1) is 5.92 Å². The molecule has 3 rings (SSSR count). The predicted octanol–water partition coefficient (Wildman–Crippen LogP) is 1.97. The van der Waals surface area contributed by atoms with Crippen LogP contribution in [0.4, 0.5) is 13.2 Å². The number of aromatic nitrogens is 3. The Morgan fingerprint density at radius 3 is 2.62 bits per heavy atom. The van der Waals surface area contributed by atoms with Gasteiger partial charge in [0, 0.05) is 25.6 Å². The van der Waals surface area contributed by atoms with Crippen molar-refractivity contribution in [3.63, 3.8) is 0 Å². The molecule has 0 radical (unpaired) electrons. The molecule has 1 fully saturated rings. The van der Waals surface area contributed by atoms with Crippen LogP contribution in [0.3, 0.4) is 0 Å². The van der Waals surface area contributed by atoms with E-state index in [0.717, 1.165) is 13.1 Å². The summed E-state index contributed by atoms with van der Waals surface area (Å²) < 4.78 is 36.5. The van der Waals surface area contributed by atoms with E-state index in [1.54, 1.807) is 0 Å². The second-order valence-corrected chi connectivity index (χ2v) is 7.32. The van der Waals surface area contributed by atoms with E-state index in [1.165, 1.54) is 5.56 Å². The Hall–Kier alpha value is -2.75. The summed E-state index contributed by atoms with van der Waals surface area (Å²) >= 11 is 0. The monoisotopic (exact) mass is 409 g/mol. The van der Waals surface area contributed by atoms with Crippen molar-refractivity contribution in [1.29, 1.82) is 0 Å². The molecule has 7 nitrogen and oxygen atoms in total. The highest BCUT2D eigenvalue weighted by atomic mass is 19.4. The van der Waals surface area contributed by atoms with Crippen molar-refractivity contribution < 1.29 is 18.0 Å². The van der Waals surface area contributed by atoms with Crippen LogP contribution in [0.15, 0.2) is 35.1 Å². The fourth-order valence-corrected chi connectivity index (χ4v) is 3.48. The molecule has 0 bridgehead atoms. The molecule has 1 aliphatic heterocycles. The summed E-state index contributed by atoms with van der Waals surface area (Å²) in [6, 6.07) is 10.1. The summed E-state index contributed by atoms with van der Waals surface area (Å²) in [5.74, 6) is -0.527. The van der Waals surface area contributed by atoms with Crippen LogP contribution in [0.5, 0.6) is 0 Å². The maximum Gasteiger partial charge on any atom is 0.397 e. The molecule has 2 atom stereocenters. The van der Waals surface area contributed by atoms with Gasteiger partial charge in [-0.2, -0.15) is 13.2 Å². The van der Waals surface area contributed by atoms with Gasteiger partial charge in [-0.15, -0.1) is 10.2 Å². The first kappa shape index (κ1) is 21.0. The number of nitrogens with one attached hydrogen (secondary N) is 2. The lowest BCUT2D eigenvalue weighted by atomic mass is 9.97. The van der Waals surface area contributed by atoms with Gasteiger partial charge in [0.25, 0.3) is 5.56 Å². The second kappa shape index (κ2) is 8.73. The minimum absolute atomic E-state index is 0.00668. The number of carbonyl (C=O) groups excluding carboxylic acids is 1. The maximum atomic E-state index is 12.2. The highest BCUT2D eigenvalue weighted by Crippen LogP contribution is 2.30. The summed E-state index contributed by atoms with van der Waals surface area (Å²) in [4.78, 5) is 28.4. The van der Waals surface area contributed by atoms with Crippen LogP contribution < -0.4 is 10.9 Å². The molecule has 2 unspecified atom stereocenters. The number of H-pyrrole nitrogens is 1. The van der Waals surface area contributed by atoms with Crippen LogP contribution in [-0.4, -0.2) is 45.3 Å². The van der Waals surface area contributed by atoms with E-state index >= 15 is 0 Å². The summed E-state index contributed by atoms with van der Waals surface area (Å²) in [7, 11) is 0. The molecular weight excluding hydrogens is 387 g/mol. The number of aromatic amines is 1. The fourth-order valence-electron chi connectivity index (χ4n) is 3.48. The third kappa shape index (κ3) is 5.86. The first-order valence-corrected chi connectivity index (χ1v) is 9.27. The van der Waals surface area contributed by atoms with Gasteiger partial charge in [-0.3, -0.25) is 14.5 Å². The van der Waals surface area contributed by atoms with Crippen LogP contribution >= 0.6 is 0 Å². The van der Waals surface area contributed by atoms with Crippen LogP contribution in [0.2, 0.25) is 0 Å². The standard InChI is InChI=1S/C19H22F3N5O2/c1-12-9-27(10-13-5-3-2-4-6-13)11-14(12)17-24-18(29)15(25-26-17)8-23-16(28)7-19(20,21)22/h2-6,12,14H,7-11H2,1H3,(H,23,28)(H,24,26,29). The van der Waals surface area contributed by atoms with Gasteiger partial charge in [-0.1, -0.05) is 37.3 Å². The van der Waals surface area contributed by atoms with Crippen LogP contribution in [0.1, 0.15) is 36.3 Å². The molecule has 1 saturated heterocycles. The fraction of sp³-hybridized carbons (Fsp3) is 0.474. The molecule has 2 heterocycles. The molecule has 1 amide bonds. The van der Waals surface area contributed by atoms with Gasteiger partial charge in [0.05, 0.1) is 6.54 Å². The van der Waals surface area contributed by atoms with Crippen molar-refractivity contribution in [2.24, 2.45) is 5.92 Å². The molecule has 29 heavy (non-hydrogen) atoms. The predicted molar refractivity (Wildman–Crippen MR) is 98.8 cm³/mol. The Labute approximate surface area is 165 Å². The van der Waals surface area contributed by atoms with Gasteiger partial charge in [-0.05, 0) is 11.5 Å². The van der Waals surface area contributed by atoms with Gasteiger partial charge >= 0.3 is 6.18 Å². The van der Waals surface area contributed by atoms with Crippen molar-refractivity contribution in [3.8, 4) is 0 Å². The molecule has 0 saturated carbocycles. The third-order valence-electron chi connectivity index (χ3n) is 4.88. The highest BCUT2D eigenvalue weighted by Gasteiger charge is 2.33. The lowest BCUT2D eigenvalue weighted by Gasteiger charge is -2.15. The number of nitrogens with zero attached hydrogens (tertiary/aromatic N) is 3. The minimum Gasteiger partial charge on any atom is -0.350 e. The van der Waals surface area contributed by atoms with Gasteiger partial charge in [0.15, 0.2) is 0 Å². The minimum atomic E-state index is -4.60. The van der Waals surface area contributed by atoms with Crippen molar-refractivity contribution in [2.45, 2.75) is 38.5 Å². The average Bonchev–Trinajstić information content (AvgIpc) is 3.00. The Balaban J connectivity index is 1.61. The Morgan fingerprint density at radius 2 is 1.97 bits per heavy atom. The molecule has 2 N–H and O–H groups in total. The SMILES string of the molecule is CC1CN(Cc2ccccc2)CC1c1nnc(CNC(=O)CC(F)(F)F)c(=O)[nH]1. The highest BCUT2D eigenvalue weighted by molar-refractivity contribution is 5.76. The first-order chi connectivity index (χ1) is 13.7. The van der Waals surface area contributed by atoms with Crippen molar-refractivity contribution in [2.75, 3.05) is 13.1 Å². The topological polar surface area (TPSA) is 91.0 Å². The van der Waals surface area contributed by atoms with Crippen LogP contribution in [-0.2, 0) is 17.9 Å². The van der Waals surface area contributed by atoms with E-state index in [4.69, 9.17) is 0 Å². The quantitative estimate of drug-likeness (QED) is 0.761. The lowest BCUT2D eigenvalue weighted by Crippen LogP contribution is -2.32. The zero-order chi connectivity index (χ0) is 21.0. The number of hydrogen-bond acceptors (Lipinski definition) is 5. The normalized spacial score (nSPS) is 20.0. The molecule has 0 spiro atoms. The van der Waals surface area contributed by atoms with Crippen LogP contribution in [0.25, 0.3) is 0 Å². The maximum absolute atomic E-state index is 12.2. The summed E-state index contributed by atoms with van der Waals surface area (Å²) in [6.07, 6.45) is -6.20. The van der Waals surface area contributed by atoms with Crippen molar-refractivity contribution >= 4 is 5.91 Å². The van der Waals surface area contributed by atoms with Crippen molar-refractivity contribution in [3.05, 3.63) is 57.8 Å². The Kier molecular flexibility index (Phi) is 6.31. The Morgan fingerprint density at radius 1 is 1.24 bits per heavy atom. The summed E-state index contributed by atoms with van der Waals surface area (Å²) in [6.45, 7) is 4.02. The smallest absolute Gasteiger partial charge is 0.350 e. The number of benzene rings is 1. The third-order valence-corrected chi connectivity index (χ3v) is 4.88. The van der Waals surface area contributed by atoms with Gasteiger partial charge in [-0.25, -0.2) is 0 Å². The average molecular weight is 409 g/mol. The van der Waals surface area contributed by atoms with E-state index in [2.05, 4.69) is 39.1 Å². The van der Waals surface area contributed by atoms with Crippen molar-refractivity contribution in [1.82, 2.24) is 25.4 Å². The number of carbonyl (C=O) groups is 1. The van der Waals surface area contributed by atoms with E-state index in [9.17, 15) is 22.8 Å². The van der Waals surface area contributed by atoms with E-state index in [1.807, 2.05) is 23.5 Å². The van der Waals surface area contributed by atoms with Gasteiger partial charge < -0.3 is 10.3 Å². The molecule has 2 aromatic rings. The number of likely N-dealkylation sites (tertiary alicyclic amines) is 1.